The van der Waals surface area contributed by atoms with E-state index in [0.29, 0.717) is 35.2 Å². The predicted octanol–water partition coefficient (Wildman–Crippen LogP) is 1.48. The Kier molecular flexibility index (Phi) is 16.9. The zero-order valence-electron chi connectivity index (χ0n) is 30.5. The van der Waals surface area contributed by atoms with Crippen LogP contribution in [0.1, 0.15) is 27.3 Å². The van der Waals surface area contributed by atoms with Crippen LogP contribution in [0.25, 0.3) is 0 Å². The Bertz CT molecular complexity index is 1810. The summed E-state index contributed by atoms with van der Waals surface area (Å²) in [7, 11) is 0. The van der Waals surface area contributed by atoms with E-state index in [1.807, 2.05) is 24.3 Å². The van der Waals surface area contributed by atoms with E-state index in [-0.39, 0.29) is 83.5 Å². The fraction of sp³-hybridized carbons (Fsp3) is 0.378. The summed E-state index contributed by atoms with van der Waals surface area (Å²) in [6, 6.07) is 18.0. The minimum atomic E-state index is -1.05. The summed E-state index contributed by atoms with van der Waals surface area (Å²) < 4.78 is 15.5. The molecule has 1 atom stereocenters. The van der Waals surface area contributed by atoms with Crippen molar-refractivity contribution >= 4 is 53.0 Å². The topological polar surface area (TPSA) is 246 Å². The first-order chi connectivity index (χ1) is 26.8. The van der Waals surface area contributed by atoms with E-state index in [2.05, 4.69) is 10.6 Å². The number of amides is 1. The van der Waals surface area contributed by atoms with E-state index in [0.717, 1.165) is 5.56 Å². The number of aromatic nitrogens is 1. The van der Waals surface area contributed by atoms with Crippen molar-refractivity contribution in [2.75, 3.05) is 71.0 Å². The maximum atomic E-state index is 12.1. The Morgan fingerprint density at radius 2 is 1.45 bits per heavy atom. The minimum Gasteiger partial charge on any atom is -0.480 e. The molecule has 0 fully saturated rings. The molecule has 3 aromatic rings. The van der Waals surface area contributed by atoms with Gasteiger partial charge in [-0.05, 0) is 72.7 Å². The Hall–Kier alpha value is -5.73. The van der Waals surface area contributed by atoms with Gasteiger partial charge in [0.05, 0.1) is 44.2 Å². The number of hydrogen-bond donors (Lipinski definition) is 6. The second kappa shape index (κ2) is 22.0. The molecule has 2 heterocycles. The molecule has 1 aliphatic rings. The Labute approximate surface area is 328 Å². The average molecular weight is 796 g/mol. The molecule has 18 nitrogen and oxygen atoms in total. The number of carboxylic acids is 3. The number of nitrogens with two attached hydrogens (primary N) is 1. The lowest BCUT2D eigenvalue weighted by molar-refractivity contribution is -0.141. The van der Waals surface area contributed by atoms with Crippen molar-refractivity contribution in [2.45, 2.75) is 25.6 Å². The molecule has 7 N–H and O–H groups in total. The number of nitrogens with one attached hydrogen (secondary N) is 2. The van der Waals surface area contributed by atoms with E-state index in [1.165, 1.54) is 24.3 Å². The van der Waals surface area contributed by atoms with Gasteiger partial charge in [-0.1, -0.05) is 18.2 Å². The molecule has 0 saturated heterocycles. The third-order valence-corrected chi connectivity index (χ3v) is 8.64. The number of fused-ring (bicyclic) bond motifs is 2. The summed E-state index contributed by atoms with van der Waals surface area (Å²) in [5.74, 6) is -3.51. The summed E-state index contributed by atoms with van der Waals surface area (Å²) in [5, 5.41) is 35.5. The number of anilines is 1. The molecule has 0 spiro atoms. The maximum Gasteiger partial charge on any atom is 0.513 e. The largest absolute Gasteiger partial charge is 0.513 e. The first-order valence-electron chi connectivity index (χ1n) is 17.6. The van der Waals surface area contributed by atoms with E-state index in [1.54, 1.807) is 32.9 Å². The molecule has 1 unspecified atom stereocenters. The SMILES string of the molecule is NC(=O)c1ccc(OC(=O)OCCOCCNC(=S)Nc2ccc(CC3CN(CC(=O)O)CCN(CC(=O)O)Cc4cccc(n4)CN3CC(=O)O)cc2)cc1. The lowest BCUT2D eigenvalue weighted by Crippen LogP contribution is -2.50. The summed E-state index contributed by atoms with van der Waals surface area (Å²) in [6.45, 7) is 0.980. The van der Waals surface area contributed by atoms with Crippen molar-refractivity contribution in [3.05, 3.63) is 89.2 Å². The highest BCUT2D eigenvalue weighted by Gasteiger charge is 2.27. The monoisotopic (exact) mass is 795 g/mol. The number of hydrogen-bond acceptors (Lipinski definition) is 13. The van der Waals surface area contributed by atoms with Crippen LogP contribution in [0.3, 0.4) is 0 Å². The predicted molar refractivity (Wildman–Crippen MR) is 205 cm³/mol. The van der Waals surface area contributed by atoms with Crippen LogP contribution >= 0.6 is 12.2 Å². The fourth-order valence-corrected chi connectivity index (χ4v) is 6.08. The van der Waals surface area contributed by atoms with E-state index in [4.69, 9.17) is 37.1 Å². The van der Waals surface area contributed by atoms with Crippen LogP contribution in [0.15, 0.2) is 66.7 Å². The molecule has 0 aliphatic carbocycles. The quantitative estimate of drug-likeness (QED) is 0.0490. The summed E-state index contributed by atoms with van der Waals surface area (Å²) in [6.07, 6.45) is -0.541. The summed E-state index contributed by atoms with van der Waals surface area (Å²) in [5.41, 5.74) is 8.26. The fourth-order valence-electron chi connectivity index (χ4n) is 5.86. The molecule has 1 aliphatic heterocycles. The first kappa shape index (κ1) is 43.0. The standard InChI is InChI=1S/C37H45N7O11S/c38-35(51)26-6-10-31(11-7-26)55-37(52)54-17-16-53-15-12-39-36(56)41-27-8-4-25(5-9-27)18-30-21-43(23-33(47)48)14-13-42(22-32(45)46)19-28-2-1-3-29(40-28)20-44(30)24-34(49)50/h1-11,30H,12-24H2,(H2,38,51)(H,45,46)(H,47,48)(H,49,50)(H2,39,41,56). The second-order valence-corrected chi connectivity index (χ2v) is 13.2. The Morgan fingerprint density at radius 3 is 2.11 bits per heavy atom. The number of rotatable bonds is 17. The number of carbonyl (C=O) groups is 5. The van der Waals surface area contributed by atoms with Crippen molar-refractivity contribution < 1.29 is 53.5 Å². The second-order valence-electron chi connectivity index (χ2n) is 12.8. The molecule has 0 saturated carbocycles. The van der Waals surface area contributed by atoms with Crippen LogP contribution < -0.4 is 21.1 Å². The van der Waals surface area contributed by atoms with Gasteiger partial charge in [0, 0.05) is 56.6 Å². The maximum absolute atomic E-state index is 12.1. The third kappa shape index (κ3) is 15.6. The van der Waals surface area contributed by atoms with Crippen molar-refractivity contribution in [1.29, 1.82) is 0 Å². The van der Waals surface area contributed by atoms with E-state index >= 15 is 0 Å². The molecule has 4 rings (SSSR count). The van der Waals surface area contributed by atoms with Crippen LogP contribution in [0.2, 0.25) is 0 Å². The highest BCUT2D eigenvalue weighted by atomic mass is 32.1. The van der Waals surface area contributed by atoms with Gasteiger partial charge >= 0.3 is 24.1 Å². The van der Waals surface area contributed by atoms with Crippen LogP contribution in [0.5, 0.6) is 5.75 Å². The molecule has 2 aromatic carbocycles. The van der Waals surface area contributed by atoms with Gasteiger partial charge in [-0.15, -0.1) is 0 Å². The smallest absolute Gasteiger partial charge is 0.480 e. The van der Waals surface area contributed by atoms with Crippen LogP contribution in [0.4, 0.5) is 10.5 Å². The van der Waals surface area contributed by atoms with Gasteiger partial charge in [0.15, 0.2) is 5.11 Å². The molecule has 300 valence electrons. The molecule has 2 bridgehead atoms. The minimum absolute atomic E-state index is 0.0464. The van der Waals surface area contributed by atoms with Crippen molar-refractivity contribution in [3.63, 3.8) is 0 Å². The van der Waals surface area contributed by atoms with Crippen LogP contribution in [-0.4, -0.2) is 142 Å². The molecule has 1 amide bonds. The first-order valence-corrected chi connectivity index (χ1v) is 18.0. The Balaban J connectivity index is 1.29. The molecular formula is C37H45N7O11S. The number of nitrogens with zero attached hydrogens (tertiary/aromatic N) is 4. The van der Waals surface area contributed by atoms with Gasteiger partial charge in [-0.25, -0.2) is 4.79 Å². The van der Waals surface area contributed by atoms with Crippen LogP contribution in [0, 0.1) is 0 Å². The van der Waals surface area contributed by atoms with Gasteiger partial charge in [0.25, 0.3) is 0 Å². The average Bonchev–Trinajstić information content (AvgIpc) is 3.13. The van der Waals surface area contributed by atoms with Crippen molar-refractivity contribution in [1.82, 2.24) is 25.0 Å². The highest BCUT2D eigenvalue weighted by Crippen LogP contribution is 2.18. The van der Waals surface area contributed by atoms with E-state index in [9.17, 15) is 39.3 Å². The van der Waals surface area contributed by atoms with Gasteiger partial charge in [-0.3, -0.25) is 38.9 Å². The summed E-state index contributed by atoms with van der Waals surface area (Å²) in [4.78, 5) is 68.4. The zero-order chi connectivity index (χ0) is 40.5. The zero-order valence-corrected chi connectivity index (χ0v) is 31.3. The molecule has 1 aromatic heterocycles. The third-order valence-electron chi connectivity index (χ3n) is 8.39. The Morgan fingerprint density at radius 1 is 0.804 bits per heavy atom. The summed E-state index contributed by atoms with van der Waals surface area (Å²) >= 11 is 5.40. The number of thiocarbonyl (C=S) groups is 1. The van der Waals surface area contributed by atoms with Crippen LogP contribution in [-0.2, 0) is 43.4 Å². The normalized spacial score (nSPS) is 15.4. The number of primary amides is 1. The van der Waals surface area contributed by atoms with Crippen molar-refractivity contribution in [3.8, 4) is 5.75 Å². The van der Waals surface area contributed by atoms with Gasteiger partial charge in [0.2, 0.25) is 5.91 Å². The molecule has 0 radical (unpaired) electrons. The number of carboxylic acid groups (broad SMARTS) is 3. The lowest BCUT2D eigenvalue weighted by atomic mass is 10.0. The number of carbonyl (C=O) groups excluding carboxylic acids is 2. The number of benzene rings is 2. The molecule has 56 heavy (non-hydrogen) atoms. The van der Waals surface area contributed by atoms with Crippen molar-refractivity contribution in [2.24, 2.45) is 5.73 Å². The number of ether oxygens (including phenoxy) is 3. The lowest BCUT2D eigenvalue weighted by Gasteiger charge is -2.36. The number of pyridine rings is 1. The molecular weight excluding hydrogens is 751 g/mol. The highest BCUT2D eigenvalue weighted by molar-refractivity contribution is 7.80. The van der Waals surface area contributed by atoms with E-state index < -0.39 is 36.0 Å². The van der Waals surface area contributed by atoms with Gasteiger partial charge in [-0.2, -0.15) is 0 Å². The number of aliphatic carboxylic acids is 3. The van der Waals surface area contributed by atoms with Gasteiger partial charge in [0.1, 0.15) is 12.4 Å². The van der Waals surface area contributed by atoms with Gasteiger partial charge < -0.3 is 45.9 Å². The molecule has 19 heteroatoms.